The highest BCUT2D eigenvalue weighted by Crippen LogP contribution is 2.43. The number of fused-ring (bicyclic) bond motifs is 1. The quantitative estimate of drug-likeness (QED) is 0.403. The van der Waals surface area contributed by atoms with E-state index in [2.05, 4.69) is 34.5 Å². The molecule has 0 radical (unpaired) electrons. The number of nitrogens with zero attached hydrogens (tertiary/aromatic N) is 2. The van der Waals surface area contributed by atoms with Crippen LogP contribution in [0.2, 0.25) is 0 Å². The average Bonchev–Trinajstić information content (AvgIpc) is 3.32. The van der Waals surface area contributed by atoms with Crippen LogP contribution in [0.15, 0.2) is 66.7 Å². The van der Waals surface area contributed by atoms with Gasteiger partial charge in [-0.05, 0) is 47.7 Å². The minimum atomic E-state index is -0.508. The standard InChI is InChI=1S/C32H37N3O5/c1-38-28-17-24(18-29(39-2)31(28)40-3)27(35-21-23-11-7-8-12-26(23)32(35)37)19-30(36)33-25-13-15-34(16-14-25)20-22-9-5-4-6-10-22/h4-12,17-18,25,27H,13-16,19-21H2,1-3H3,(H,33,36)/t27-/m0/s1. The molecule has 210 valence electrons. The maximum Gasteiger partial charge on any atom is 0.255 e. The lowest BCUT2D eigenvalue weighted by atomic mass is 9.99. The van der Waals surface area contributed by atoms with Gasteiger partial charge in [0.15, 0.2) is 11.5 Å². The van der Waals surface area contributed by atoms with Crippen molar-refractivity contribution in [2.75, 3.05) is 34.4 Å². The van der Waals surface area contributed by atoms with Gasteiger partial charge in [0.05, 0.1) is 33.8 Å². The van der Waals surface area contributed by atoms with Gasteiger partial charge in [-0.2, -0.15) is 0 Å². The van der Waals surface area contributed by atoms with E-state index in [1.165, 1.54) is 5.56 Å². The number of carbonyl (C=O) groups is 2. The van der Waals surface area contributed by atoms with Gasteiger partial charge < -0.3 is 24.4 Å². The molecule has 2 aliphatic heterocycles. The Labute approximate surface area is 235 Å². The van der Waals surface area contributed by atoms with Gasteiger partial charge in [-0.3, -0.25) is 14.5 Å². The molecule has 0 aromatic heterocycles. The zero-order chi connectivity index (χ0) is 28.1. The first-order valence-corrected chi connectivity index (χ1v) is 13.7. The van der Waals surface area contributed by atoms with Crippen molar-refractivity contribution in [1.29, 1.82) is 0 Å². The van der Waals surface area contributed by atoms with Crippen molar-refractivity contribution in [3.8, 4) is 17.2 Å². The van der Waals surface area contributed by atoms with Crippen molar-refractivity contribution in [3.63, 3.8) is 0 Å². The number of benzene rings is 3. The number of methoxy groups -OCH3 is 3. The molecular formula is C32H37N3O5. The highest BCUT2D eigenvalue weighted by molar-refractivity contribution is 5.99. The Balaban J connectivity index is 1.32. The summed E-state index contributed by atoms with van der Waals surface area (Å²) >= 11 is 0. The van der Waals surface area contributed by atoms with Gasteiger partial charge in [0.2, 0.25) is 11.7 Å². The number of hydrogen-bond donors (Lipinski definition) is 1. The van der Waals surface area contributed by atoms with Gasteiger partial charge in [0.25, 0.3) is 5.91 Å². The predicted molar refractivity (Wildman–Crippen MR) is 153 cm³/mol. The van der Waals surface area contributed by atoms with Crippen molar-refractivity contribution < 1.29 is 23.8 Å². The minimum Gasteiger partial charge on any atom is -0.493 e. The first-order chi connectivity index (χ1) is 19.5. The molecule has 1 atom stereocenters. The third-order valence-electron chi connectivity index (χ3n) is 7.88. The van der Waals surface area contributed by atoms with Crippen LogP contribution < -0.4 is 19.5 Å². The van der Waals surface area contributed by atoms with E-state index in [1.54, 1.807) is 26.2 Å². The largest absolute Gasteiger partial charge is 0.493 e. The van der Waals surface area contributed by atoms with E-state index in [4.69, 9.17) is 14.2 Å². The summed E-state index contributed by atoms with van der Waals surface area (Å²) in [4.78, 5) is 31.2. The minimum absolute atomic E-state index is 0.0796. The second kappa shape index (κ2) is 12.4. The molecule has 0 unspecified atom stereocenters. The molecule has 40 heavy (non-hydrogen) atoms. The van der Waals surface area contributed by atoms with E-state index in [9.17, 15) is 9.59 Å². The van der Waals surface area contributed by atoms with E-state index in [-0.39, 0.29) is 24.3 Å². The normalized spacial score (nSPS) is 16.4. The lowest BCUT2D eigenvalue weighted by Crippen LogP contribution is -2.45. The molecule has 8 heteroatoms. The Kier molecular flexibility index (Phi) is 8.55. The SMILES string of the molecule is COc1cc([C@H](CC(=O)NC2CCN(Cc3ccccc3)CC2)N2Cc3ccccc3C2=O)cc(OC)c1OC. The topological polar surface area (TPSA) is 80.3 Å². The molecule has 1 saturated heterocycles. The molecule has 0 spiro atoms. The van der Waals surface area contributed by atoms with Crippen LogP contribution in [-0.4, -0.2) is 62.1 Å². The summed E-state index contributed by atoms with van der Waals surface area (Å²) in [5, 5.41) is 3.25. The second-order valence-electron chi connectivity index (χ2n) is 10.4. The van der Waals surface area contributed by atoms with Gasteiger partial charge in [-0.15, -0.1) is 0 Å². The zero-order valence-electron chi connectivity index (χ0n) is 23.4. The summed E-state index contributed by atoms with van der Waals surface area (Å²) in [6.45, 7) is 3.20. The molecule has 2 amide bonds. The summed E-state index contributed by atoms with van der Waals surface area (Å²) in [5.74, 6) is 1.27. The second-order valence-corrected chi connectivity index (χ2v) is 10.4. The molecule has 0 saturated carbocycles. The third-order valence-corrected chi connectivity index (χ3v) is 7.88. The Bertz CT molecular complexity index is 1310. The number of carbonyl (C=O) groups excluding carboxylic acids is 2. The summed E-state index contributed by atoms with van der Waals surface area (Å²) in [6.07, 6.45) is 1.91. The fourth-order valence-electron chi connectivity index (χ4n) is 5.77. The molecule has 5 rings (SSSR count). The van der Waals surface area contributed by atoms with Gasteiger partial charge in [-0.25, -0.2) is 0 Å². The molecule has 1 N–H and O–H groups in total. The molecular weight excluding hydrogens is 506 g/mol. The van der Waals surface area contributed by atoms with Crippen LogP contribution in [0.25, 0.3) is 0 Å². The Morgan fingerprint density at radius 2 is 1.57 bits per heavy atom. The maximum atomic E-state index is 13.5. The number of amides is 2. The third kappa shape index (κ3) is 5.92. The highest BCUT2D eigenvalue weighted by atomic mass is 16.5. The van der Waals surface area contributed by atoms with E-state index in [0.29, 0.717) is 29.4 Å². The monoisotopic (exact) mass is 543 g/mol. The molecule has 0 bridgehead atoms. The number of ether oxygens (including phenoxy) is 3. The van der Waals surface area contributed by atoms with E-state index in [1.807, 2.05) is 42.5 Å². The average molecular weight is 544 g/mol. The fourth-order valence-corrected chi connectivity index (χ4v) is 5.77. The Morgan fingerprint density at radius 1 is 0.925 bits per heavy atom. The molecule has 1 fully saturated rings. The fraction of sp³-hybridized carbons (Fsp3) is 0.375. The molecule has 2 aliphatic rings. The molecule has 3 aromatic rings. The van der Waals surface area contributed by atoms with E-state index >= 15 is 0 Å². The number of likely N-dealkylation sites (tertiary alicyclic amines) is 1. The lowest BCUT2D eigenvalue weighted by Gasteiger charge is -2.33. The zero-order valence-corrected chi connectivity index (χ0v) is 23.4. The Morgan fingerprint density at radius 3 is 2.20 bits per heavy atom. The van der Waals surface area contributed by atoms with E-state index in [0.717, 1.165) is 43.6 Å². The first kappa shape index (κ1) is 27.5. The summed E-state index contributed by atoms with van der Waals surface area (Å²) in [6, 6.07) is 21.3. The highest BCUT2D eigenvalue weighted by Gasteiger charge is 2.36. The number of rotatable bonds is 10. The van der Waals surface area contributed by atoms with Crippen LogP contribution in [0.5, 0.6) is 17.2 Å². The Hall–Kier alpha value is -4.04. The summed E-state index contributed by atoms with van der Waals surface area (Å²) < 4.78 is 16.7. The molecule has 8 nitrogen and oxygen atoms in total. The molecule has 0 aliphatic carbocycles. The lowest BCUT2D eigenvalue weighted by molar-refractivity contribution is -0.123. The van der Waals surface area contributed by atoms with Crippen LogP contribution in [0.1, 0.15) is 52.4 Å². The maximum absolute atomic E-state index is 13.5. The van der Waals surface area contributed by atoms with Crippen molar-refractivity contribution in [2.24, 2.45) is 0 Å². The molecule has 3 aromatic carbocycles. The van der Waals surface area contributed by atoms with Gasteiger partial charge in [0, 0.05) is 37.8 Å². The number of piperidine rings is 1. The van der Waals surface area contributed by atoms with Gasteiger partial charge >= 0.3 is 0 Å². The predicted octanol–water partition coefficient (Wildman–Crippen LogP) is 4.58. The van der Waals surface area contributed by atoms with Crippen molar-refractivity contribution >= 4 is 11.8 Å². The van der Waals surface area contributed by atoms with Crippen LogP contribution in [0, 0.1) is 0 Å². The van der Waals surface area contributed by atoms with Crippen LogP contribution in [0.4, 0.5) is 0 Å². The van der Waals surface area contributed by atoms with Crippen molar-refractivity contribution in [2.45, 2.75) is 44.4 Å². The number of nitrogens with one attached hydrogen (secondary N) is 1. The van der Waals surface area contributed by atoms with Crippen molar-refractivity contribution in [1.82, 2.24) is 15.1 Å². The van der Waals surface area contributed by atoms with Crippen molar-refractivity contribution in [3.05, 3.63) is 89.0 Å². The van der Waals surface area contributed by atoms with Gasteiger partial charge in [0.1, 0.15) is 0 Å². The summed E-state index contributed by atoms with van der Waals surface area (Å²) in [5.41, 5.74) is 3.68. The van der Waals surface area contributed by atoms with E-state index < -0.39 is 6.04 Å². The first-order valence-electron chi connectivity index (χ1n) is 13.7. The number of hydrogen-bond acceptors (Lipinski definition) is 6. The van der Waals surface area contributed by atoms with Crippen LogP contribution in [0.3, 0.4) is 0 Å². The van der Waals surface area contributed by atoms with Gasteiger partial charge in [-0.1, -0.05) is 48.5 Å². The summed E-state index contributed by atoms with van der Waals surface area (Å²) in [7, 11) is 4.67. The smallest absolute Gasteiger partial charge is 0.255 e. The van der Waals surface area contributed by atoms with Crippen LogP contribution >= 0.6 is 0 Å². The molecule has 2 heterocycles. The van der Waals surface area contributed by atoms with Crippen LogP contribution in [-0.2, 0) is 17.9 Å².